The van der Waals surface area contributed by atoms with E-state index in [0.717, 1.165) is 14.6 Å². The molecular weight excluding hydrogens is 368 g/mol. The Hall–Kier alpha value is -1.56. The second-order valence-electron chi connectivity index (χ2n) is 4.38. The van der Waals surface area contributed by atoms with Crippen LogP contribution in [0.1, 0.15) is 11.1 Å². The number of benzene rings is 2. The van der Waals surface area contributed by atoms with E-state index in [4.69, 9.17) is 14.7 Å². The Kier molecular flexibility index (Phi) is 3.65. The van der Waals surface area contributed by atoms with Crippen molar-refractivity contribution in [3.8, 4) is 17.6 Å². The third-order valence-corrected chi connectivity index (χ3v) is 3.97. The molecule has 0 fully saturated rings. The zero-order valence-electron chi connectivity index (χ0n) is 10.3. The summed E-state index contributed by atoms with van der Waals surface area (Å²) in [5.41, 5.74) is 2.34. The Morgan fingerprint density at radius 2 is 2.00 bits per heavy atom. The Morgan fingerprint density at radius 1 is 1.25 bits per heavy atom. The van der Waals surface area contributed by atoms with Crippen molar-refractivity contribution < 1.29 is 14.4 Å². The normalized spacial score (nSPS) is 12.9. The Balaban J connectivity index is 1.85. The van der Waals surface area contributed by atoms with Gasteiger partial charge in [-0.25, -0.2) is 0 Å². The van der Waals surface area contributed by atoms with E-state index in [9.17, 15) is 5.02 Å². The first-order chi connectivity index (χ1) is 9.67. The Bertz CT molecular complexity index is 714. The number of fused-ring (bicyclic) bond motifs is 1. The number of nitriles is 1. The molecule has 98 valence electrons. The van der Waals surface area contributed by atoms with Crippen molar-refractivity contribution in [2.45, 2.75) is 6.61 Å². The van der Waals surface area contributed by atoms with E-state index >= 15 is 0 Å². The summed E-state index contributed by atoms with van der Waals surface area (Å²) in [6.07, 6.45) is 0. The van der Waals surface area contributed by atoms with Gasteiger partial charge in [-0.15, -0.1) is 0 Å². The molecule has 0 spiro atoms. The molecule has 3 rings (SSSR count). The van der Waals surface area contributed by atoms with Crippen molar-refractivity contribution in [3.05, 3.63) is 51.1 Å². The summed E-state index contributed by atoms with van der Waals surface area (Å²) in [6.45, 7) is 0.388. The molecule has 1 aliphatic heterocycles. The third kappa shape index (κ3) is 2.52. The van der Waals surface area contributed by atoms with Gasteiger partial charge in [-0.1, -0.05) is 6.07 Å². The number of rotatable bonds is 2. The fraction of sp³-hybridized carbons (Fsp3) is 0.0714. The molecule has 0 unspecified atom stereocenters. The maximum absolute atomic E-state index is 9.56. The topological polar surface area (TPSA) is 62.5 Å². The number of halogens is 1. The predicted molar refractivity (Wildman–Crippen MR) is 82.8 cm³/mol. The highest BCUT2D eigenvalue weighted by molar-refractivity contribution is 14.1. The van der Waals surface area contributed by atoms with Crippen molar-refractivity contribution in [1.82, 2.24) is 0 Å². The first kappa shape index (κ1) is 13.4. The zero-order valence-corrected chi connectivity index (χ0v) is 12.5. The van der Waals surface area contributed by atoms with Crippen LogP contribution in [0.5, 0.6) is 11.5 Å². The van der Waals surface area contributed by atoms with Gasteiger partial charge in [0.1, 0.15) is 17.6 Å². The monoisotopic (exact) mass is 377 g/mol. The second-order valence-corrected chi connectivity index (χ2v) is 5.54. The summed E-state index contributed by atoms with van der Waals surface area (Å²) in [6, 6.07) is 12.9. The standard InChI is InChI=1S/C14H9BINO3/c16-14-6-12(2-1-9(14)7-17)20-11-3-4-13-10(5-11)8-19-15(13)18/h1-6,18H,8H2. The van der Waals surface area contributed by atoms with Crippen molar-refractivity contribution >= 4 is 35.2 Å². The van der Waals surface area contributed by atoms with Crippen LogP contribution in [0.25, 0.3) is 0 Å². The van der Waals surface area contributed by atoms with Gasteiger partial charge in [-0.3, -0.25) is 0 Å². The molecule has 0 radical (unpaired) electrons. The maximum Gasteiger partial charge on any atom is 0.491 e. The van der Waals surface area contributed by atoms with Crippen LogP contribution < -0.4 is 10.2 Å². The van der Waals surface area contributed by atoms with Crippen molar-refractivity contribution in [2.75, 3.05) is 0 Å². The van der Waals surface area contributed by atoms with E-state index in [-0.39, 0.29) is 0 Å². The van der Waals surface area contributed by atoms with Crippen LogP contribution in [0, 0.1) is 14.9 Å². The molecule has 0 saturated carbocycles. The lowest BCUT2D eigenvalue weighted by Gasteiger charge is -2.08. The molecule has 0 aromatic heterocycles. The van der Waals surface area contributed by atoms with Gasteiger partial charge in [0.15, 0.2) is 0 Å². The molecule has 20 heavy (non-hydrogen) atoms. The molecule has 0 bridgehead atoms. The minimum atomic E-state index is -0.838. The molecular formula is C14H9BINO3. The summed E-state index contributed by atoms with van der Waals surface area (Å²) in [5.74, 6) is 1.36. The van der Waals surface area contributed by atoms with Crippen LogP contribution in [0.15, 0.2) is 36.4 Å². The summed E-state index contributed by atoms with van der Waals surface area (Å²) >= 11 is 2.11. The van der Waals surface area contributed by atoms with Gasteiger partial charge in [-0.05, 0) is 63.9 Å². The van der Waals surface area contributed by atoms with E-state index in [1.165, 1.54) is 0 Å². The van der Waals surface area contributed by atoms with Gasteiger partial charge >= 0.3 is 7.12 Å². The number of nitrogens with zero attached hydrogens (tertiary/aromatic N) is 1. The molecule has 1 aliphatic rings. The Morgan fingerprint density at radius 3 is 2.75 bits per heavy atom. The van der Waals surface area contributed by atoms with Crippen molar-refractivity contribution in [2.24, 2.45) is 0 Å². The first-order valence-corrected chi connectivity index (χ1v) is 7.05. The molecule has 2 aromatic carbocycles. The quantitative estimate of drug-likeness (QED) is 0.644. The summed E-state index contributed by atoms with van der Waals surface area (Å²) in [4.78, 5) is 0. The molecule has 1 heterocycles. The fourth-order valence-corrected chi connectivity index (χ4v) is 2.66. The summed E-state index contributed by atoms with van der Waals surface area (Å²) in [7, 11) is -0.838. The highest BCUT2D eigenvalue weighted by atomic mass is 127. The number of ether oxygens (including phenoxy) is 1. The lowest BCUT2D eigenvalue weighted by Crippen LogP contribution is -2.27. The molecule has 0 atom stereocenters. The van der Waals surface area contributed by atoms with Gasteiger partial charge in [-0.2, -0.15) is 5.26 Å². The SMILES string of the molecule is N#Cc1ccc(Oc2ccc3c(c2)COB3O)cc1I. The number of hydrogen-bond acceptors (Lipinski definition) is 4. The zero-order chi connectivity index (χ0) is 14.1. The van der Waals surface area contributed by atoms with E-state index in [0.29, 0.717) is 23.7 Å². The highest BCUT2D eigenvalue weighted by Crippen LogP contribution is 2.26. The molecule has 0 aliphatic carbocycles. The van der Waals surface area contributed by atoms with Gasteiger partial charge in [0.05, 0.1) is 12.2 Å². The van der Waals surface area contributed by atoms with Crippen LogP contribution in [0.4, 0.5) is 0 Å². The predicted octanol–water partition coefficient (Wildman–Crippen LogP) is 2.17. The van der Waals surface area contributed by atoms with Crippen molar-refractivity contribution in [3.63, 3.8) is 0 Å². The fourth-order valence-electron chi connectivity index (χ4n) is 2.06. The molecule has 2 aromatic rings. The van der Waals surface area contributed by atoms with E-state index in [1.54, 1.807) is 24.3 Å². The van der Waals surface area contributed by atoms with E-state index in [2.05, 4.69) is 28.7 Å². The van der Waals surface area contributed by atoms with Crippen molar-refractivity contribution in [1.29, 1.82) is 5.26 Å². The lowest BCUT2D eigenvalue weighted by atomic mass is 9.80. The molecule has 1 N–H and O–H groups in total. The Labute approximate surface area is 130 Å². The van der Waals surface area contributed by atoms with Crippen LogP contribution in [0.3, 0.4) is 0 Å². The molecule has 4 nitrogen and oxygen atoms in total. The summed E-state index contributed by atoms with van der Waals surface area (Å²) < 4.78 is 11.8. The first-order valence-electron chi connectivity index (χ1n) is 5.97. The highest BCUT2D eigenvalue weighted by Gasteiger charge is 2.27. The van der Waals surface area contributed by atoms with Crippen LogP contribution >= 0.6 is 22.6 Å². The molecule has 0 amide bonds. The van der Waals surface area contributed by atoms with Crippen LogP contribution in [-0.4, -0.2) is 12.1 Å². The summed E-state index contributed by atoms with van der Waals surface area (Å²) in [5, 5.41) is 18.5. The van der Waals surface area contributed by atoms with Gasteiger partial charge in [0, 0.05) is 3.57 Å². The largest absolute Gasteiger partial charge is 0.491 e. The molecule has 0 saturated heterocycles. The van der Waals surface area contributed by atoms with Gasteiger partial charge in [0.2, 0.25) is 0 Å². The lowest BCUT2D eigenvalue weighted by molar-refractivity contribution is 0.275. The van der Waals surface area contributed by atoms with E-state index in [1.807, 2.05) is 12.1 Å². The van der Waals surface area contributed by atoms with Gasteiger partial charge in [0.25, 0.3) is 0 Å². The third-order valence-electron chi connectivity index (χ3n) is 3.07. The average molecular weight is 377 g/mol. The second kappa shape index (κ2) is 5.44. The van der Waals surface area contributed by atoms with Crippen LogP contribution in [0.2, 0.25) is 0 Å². The van der Waals surface area contributed by atoms with Gasteiger partial charge < -0.3 is 14.4 Å². The smallest absolute Gasteiger partial charge is 0.457 e. The van der Waals surface area contributed by atoms with E-state index < -0.39 is 7.12 Å². The minimum absolute atomic E-state index is 0.388. The maximum atomic E-state index is 9.56. The average Bonchev–Trinajstić information content (AvgIpc) is 2.80. The minimum Gasteiger partial charge on any atom is -0.457 e. The molecule has 6 heteroatoms. The van der Waals surface area contributed by atoms with Crippen LogP contribution in [-0.2, 0) is 11.3 Å². The number of hydrogen-bond donors (Lipinski definition) is 1.